The summed E-state index contributed by atoms with van der Waals surface area (Å²) < 4.78 is 2.20. The second kappa shape index (κ2) is 6.99. The Morgan fingerprint density at radius 3 is 2.45 bits per heavy atom. The van der Waals surface area contributed by atoms with Gasteiger partial charge in [0, 0.05) is 20.0 Å². The lowest BCUT2D eigenvalue weighted by Crippen LogP contribution is -1.99. The van der Waals surface area contributed by atoms with Crippen molar-refractivity contribution in [3.63, 3.8) is 0 Å². The molecule has 0 aliphatic rings. The zero-order chi connectivity index (χ0) is 15.5. The second-order valence-electron chi connectivity index (χ2n) is 5.39. The Balaban J connectivity index is 2.12. The van der Waals surface area contributed by atoms with E-state index in [9.17, 15) is 0 Å². The van der Waals surface area contributed by atoms with Gasteiger partial charge in [0.2, 0.25) is 0 Å². The minimum atomic E-state index is 0.750. The Kier molecular flexibility index (Phi) is 5.01. The third-order valence-corrected chi connectivity index (χ3v) is 5.09. The third kappa shape index (κ3) is 3.14. The van der Waals surface area contributed by atoms with Crippen LogP contribution in [0.4, 0.5) is 0 Å². The number of rotatable bonds is 5. The topological polar surface area (TPSA) is 41.8 Å². The van der Waals surface area contributed by atoms with Gasteiger partial charge in [-0.05, 0) is 71.1 Å². The van der Waals surface area contributed by atoms with E-state index in [-0.39, 0.29) is 0 Å². The fraction of sp³-hybridized carbons (Fsp3) is 0.222. The maximum atomic E-state index is 5.65. The molecule has 3 N–H and O–H groups in total. The summed E-state index contributed by atoms with van der Waals surface area (Å²) in [5.41, 5.74) is 10.6. The monoisotopic (exact) mass is 420 g/mol. The molecule has 0 unspecified atom stereocenters. The van der Waals surface area contributed by atoms with Crippen LogP contribution in [-0.4, -0.2) is 11.5 Å². The molecular formula is C18H18Br2N2. The Hall–Kier alpha value is -1.10. The van der Waals surface area contributed by atoms with Crippen molar-refractivity contribution in [2.45, 2.75) is 19.3 Å². The zero-order valence-corrected chi connectivity index (χ0v) is 15.4. The molecule has 0 saturated heterocycles. The summed E-state index contributed by atoms with van der Waals surface area (Å²) >= 11 is 7.15. The molecule has 0 aliphatic heterocycles. The highest BCUT2D eigenvalue weighted by atomic mass is 79.9. The van der Waals surface area contributed by atoms with Gasteiger partial charge in [0.1, 0.15) is 0 Å². The number of H-pyrrole nitrogens is 1. The van der Waals surface area contributed by atoms with Crippen molar-refractivity contribution in [2.24, 2.45) is 5.73 Å². The molecule has 1 heterocycles. The number of unbranched alkanes of at least 4 members (excludes halogenated alkanes) is 1. The van der Waals surface area contributed by atoms with Crippen molar-refractivity contribution in [1.82, 2.24) is 4.98 Å². The largest absolute Gasteiger partial charge is 0.353 e. The van der Waals surface area contributed by atoms with Gasteiger partial charge in [-0.25, -0.2) is 0 Å². The van der Waals surface area contributed by atoms with Gasteiger partial charge >= 0.3 is 0 Å². The number of fused-ring (bicyclic) bond motifs is 1. The molecule has 0 aliphatic carbocycles. The summed E-state index contributed by atoms with van der Waals surface area (Å²) in [5, 5.41) is 1.30. The Labute approximate surface area is 147 Å². The Morgan fingerprint density at radius 2 is 1.73 bits per heavy atom. The third-order valence-electron chi connectivity index (χ3n) is 3.90. The van der Waals surface area contributed by atoms with Crippen molar-refractivity contribution in [1.29, 1.82) is 0 Å². The van der Waals surface area contributed by atoms with Gasteiger partial charge in [-0.1, -0.05) is 40.2 Å². The summed E-state index contributed by atoms with van der Waals surface area (Å²) in [6.07, 6.45) is 3.21. The quantitative estimate of drug-likeness (QED) is 0.514. The standard InChI is InChI=1S/C18H18Br2N2/c19-13-9-7-12(8-10-13)17-14(4-1-2-11-21)15-5-3-6-16(20)18(15)22-17/h3,5-10,22H,1-2,4,11,21H2. The molecule has 2 nitrogen and oxygen atoms in total. The van der Waals surface area contributed by atoms with Crippen LogP contribution in [0.5, 0.6) is 0 Å². The Bertz CT molecular complexity index is 776. The number of aromatic nitrogens is 1. The van der Waals surface area contributed by atoms with E-state index in [4.69, 9.17) is 5.73 Å². The van der Waals surface area contributed by atoms with Crippen molar-refractivity contribution in [3.8, 4) is 11.3 Å². The van der Waals surface area contributed by atoms with Crippen molar-refractivity contribution >= 4 is 42.8 Å². The first-order chi connectivity index (χ1) is 10.7. The van der Waals surface area contributed by atoms with Crippen LogP contribution in [0.3, 0.4) is 0 Å². The predicted molar refractivity (Wildman–Crippen MR) is 101 cm³/mol. The second-order valence-corrected chi connectivity index (χ2v) is 7.16. The van der Waals surface area contributed by atoms with Crippen LogP contribution in [0.1, 0.15) is 18.4 Å². The number of hydrogen-bond acceptors (Lipinski definition) is 1. The molecule has 0 saturated carbocycles. The molecule has 3 aromatic rings. The van der Waals surface area contributed by atoms with Crippen LogP contribution in [-0.2, 0) is 6.42 Å². The van der Waals surface area contributed by atoms with Crippen LogP contribution in [0.2, 0.25) is 0 Å². The molecule has 0 radical (unpaired) electrons. The molecule has 0 amide bonds. The predicted octanol–water partition coefficient (Wildman–Crippen LogP) is 5.64. The lowest BCUT2D eigenvalue weighted by Gasteiger charge is -2.05. The molecular weight excluding hydrogens is 404 g/mol. The van der Waals surface area contributed by atoms with E-state index in [2.05, 4.69) is 79.3 Å². The molecule has 4 heteroatoms. The smallest absolute Gasteiger partial charge is 0.0606 e. The van der Waals surface area contributed by atoms with Crippen LogP contribution < -0.4 is 5.73 Å². The van der Waals surface area contributed by atoms with Gasteiger partial charge < -0.3 is 10.7 Å². The molecule has 22 heavy (non-hydrogen) atoms. The summed E-state index contributed by atoms with van der Waals surface area (Å²) in [4.78, 5) is 3.60. The molecule has 0 spiro atoms. The zero-order valence-electron chi connectivity index (χ0n) is 12.2. The number of nitrogens with one attached hydrogen (secondary N) is 1. The van der Waals surface area contributed by atoms with Crippen LogP contribution >= 0.6 is 31.9 Å². The first-order valence-corrected chi connectivity index (χ1v) is 9.04. The van der Waals surface area contributed by atoms with Crippen LogP contribution in [0.15, 0.2) is 51.4 Å². The number of benzene rings is 2. The van der Waals surface area contributed by atoms with Gasteiger partial charge in [-0.3, -0.25) is 0 Å². The van der Waals surface area contributed by atoms with Crippen molar-refractivity contribution < 1.29 is 0 Å². The highest BCUT2D eigenvalue weighted by molar-refractivity contribution is 9.11. The van der Waals surface area contributed by atoms with E-state index in [0.29, 0.717) is 0 Å². The highest BCUT2D eigenvalue weighted by Crippen LogP contribution is 2.35. The number of halogens is 2. The van der Waals surface area contributed by atoms with Gasteiger partial charge in [-0.2, -0.15) is 0 Å². The summed E-state index contributed by atoms with van der Waals surface area (Å²) in [6, 6.07) is 14.8. The molecule has 1 aromatic heterocycles. The van der Waals surface area contributed by atoms with Crippen LogP contribution in [0.25, 0.3) is 22.2 Å². The van der Waals surface area contributed by atoms with Gasteiger partial charge in [0.05, 0.1) is 5.52 Å². The van der Waals surface area contributed by atoms with E-state index in [0.717, 1.165) is 34.8 Å². The summed E-state index contributed by atoms with van der Waals surface area (Å²) in [5.74, 6) is 0. The van der Waals surface area contributed by atoms with E-state index in [1.807, 2.05) is 0 Å². The number of aryl methyl sites for hydroxylation is 1. The first kappa shape index (κ1) is 15.8. The van der Waals surface area contributed by atoms with Gasteiger partial charge in [0.15, 0.2) is 0 Å². The average Bonchev–Trinajstić information content (AvgIpc) is 2.89. The summed E-state index contributed by atoms with van der Waals surface area (Å²) in [7, 11) is 0. The number of aromatic amines is 1. The number of hydrogen-bond donors (Lipinski definition) is 2. The minimum Gasteiger partial charge on any atom is -0.353 e. The van der Waals surface area contributed by atoms with Gasteiger partial charge in [-0.15, -0.1) is 0 Å². The molecule has 0 atom stereocenters. The fourth-order valence-corrected chi connectivity index (χ4v) is 3.54. The van der Waals surface area contributed by atoms with Crippen molar-refractivity contribution in [3.05, 3.63) is 57.0 Å². The lowest BCUT2D eigenvalue weighted by atomic mass is 10.0. The van der Waals surface area contributed by atoms with E-state index in [1.165, 1.54) is 27.7 Å². The molecule has 2 aromatic carbocycles. The highest BCUT2D eigenvalue weighted by Gasteiger charge is 2.14. The van der Waals surface area contributed by atoms with Crippen molar-refractivity contribution in [2.75, 3.05) is 6.54 Å². The Morgan fingerprint density at radius 1 is 0.955 bits per heavy atom. The first-order valence-electron chi connectivity index (χ1n) is 7.46. The normalized spacial score (nSPS) is 11.2. The molecule has 0 bridgehead atoms. The summed E-state index contributed by atoms with van der Waals surface area (Å²) in [6.45, 7) is 0.750. The van der Waals surface area contributed by atoms with Crippen LogP contribution in [0, 0.1) is 0 Å². The van der Waals surface area contributed by atoms with E-state index >= 15 is 0 Å². The maximum Gasteiger partial charge on any atom is 0.0606 e. The average molecular weight is 422 g/mol. The fourth-order valence-electron chi connectivity index (χ4n) is 2.81. The molecule has 3 rings (SSSR count). The molecule has 114 valence electrons. The van der Waals surface area contributed by atoms with Gasteiger partial charge in [0.25, 0.3) is 0 Å². The lowest BCUT2D eigenvalue weighted by molar-refractivity contribution is 0.748. The SMILES string of the molecule is NCCCCc1c(-c2ccc(Br)cc2)[nH]c2c(Br)cccc12. The number of para-hydroxylation sites is 1. The number of nitrogens with two attached hydrogens (primary N) is 1. The van der Waals surface area contributed by atoms with E-state index < -0.39 is 0 Å². The minimum absolute atomic E-state index is 0.750. The van der Waals surface area contributed by atoms with E-state index in [1.54, 1.807) is 0 Å². The molecule has 0 fully saturated rings. The maximum absolute atomic E-state index is 5.65.